The van der Waals surface area contributed by atoms with Crippen LogP contribution in [0.5, 0.6) is 0 Å². The SMILES string of the molecule is C=C1[C@H](CO)[C@@H]([Si-]O)C[C@@H]1n1cnc2c(=O)[nH]c(C)nc21. The minimum Gasteiger partial charge on any atom is -0.634 e. The molecule has 0 saturated heterocycles. The Bertz CT molecular complexity index is 753. The lowest BCUT2D eigenvalue weighted by Crippen LogP contribution is -2.14. The van der Waals surface area contributed by atoms with Gasteiger partial charge in [0.25, 0.3) is 5.56 Å². The van der Waals surface area contributed by atoms with Gasteiger partial charge in [-0.1, -0.05) is 18.6 Å². The van der Waals surface area contributed by atoms with E-state index in [2.05, 4.69) is 21.5 Å². The third-order valence-corrected chi connectivity index (χ3v) is 5.09. The normalized spacial score (nSPS) is 25.9. The number of aromatic amines is 1. The summed E-state index contributed by atoms with van der Waals surface area (Å²) in [6, 6.07) is -0.106. The molecule has 1 aliphatic rings. The van der Waals surface area contributed by atoms with Crippen molar-refractivity contribution in [3.8, 4) is 0 Å². The number of rotatable bonds is 3. The zero-order valence-corrected chi connectivity index (χ0v) is 12.6. The second-order valence-electron chi connectivity index (χ2n) is 5.33. The lowest BCUT2D eigenvalue weighted by molar-refractivity contribution is 0.246. The molecular formula is C13H16N4O3Si-. The molecule has 0 amide bonds. The standard InChI is InChI=1S/C13H16N4O3Si/c1-6-8(4-18)10(21-20)3-9(6)17-5-14-11-12(17)15-7(2)16-13(11)19/h5,8-10,18,20H,1,3-4H2,2H3,(H,15,16,19)/q-1/t8-,9-,10-/m0/s1. The summed E-state index contributed by atoms with van der Waals surface area (Å²) in [5, 5.41) is 9.49. The molecule has 0 spiro atoms. The van der Waals surface area contributed by atoms with E-state index in [9.17, 15) is 14.7 Å². The largest absolute Gasteiger partial charge is 0.634 e. The molecule has 8 heteroatoms. The first-order chi connectivity index (χ1) is 10.1. The quantitative estimate of drug-likeness (QED) is 0.544. The summed E-state index contributed by atoms with van der Waals surface area (Å²) in [5.74, 6) is 0.399. The number of aromatic nitrogens is 4. The first kappa shape index (κ1) is 14.2. The van der Waals surface area contributed by atoms with E-state index in [0.717, 1.165) is 5.57 Å². The molecule has 0 unspecified atom stereocenters. The summed E-state index contributed by atoms with van der Waals surface area (Å²) < 4.78 is 1.82. The highest BCUT2D eigenvalue weighted by Gasteiger charge is 2.33. The lowest BCUT2D eigenvalue weighted by Gasteiger charge is -2.24. The van der Waals surface area contributed by atoms with Gasteiger partial charge in [-0.2, -0.15) is 5.54 Å². The molecule has 7 nitrogen and oxygen atoms in total. The van der Waals surface area contributed by atoms with Crippen molar-refractivity contribution in [2.24, 2.45) is 5.92 Å². The highest BCUT2D eigenvalue weighted by Crippen LogP contribution is 2.46. The highest BCUT2D eigenvalue weighted by atomic mass is 28.2. The number of aliphatic hydroxyl groups excluding tert-OH is 1. The van der Waals surface area contributed by atoms with E-state index in [-0.39, 0.29) is 39.4 Å². The molecule has 2 aromatic rings. The molecule has 2 heterocycles. The Morgan fingerprint density at radius 1 is 1.62 bits per heavy atom. The zero-order chi connectivity index (χ0) is 15.1. The molecule has 111 valence electrons. The van der Waals surface area contributed by atoms with E-state index in [1.54, 1.807) is 13.3 Å². The van der Waals surface area contributed by atoms with Crippen molar-refractivity contribution in [2.45, 2.75) is 24.9 Å². The van der Waals surface area contributed by atoms with Crippen molar-refractivity contribution in [2.75, 3.05) is 6.61 Å². The molecule has 1 aliphatic carbocycles. The maximum absolute atomic E-state index is 11.9. The van der Waals surface area contributed by atoms with Crippen LogP contribution < -0.4 is 5.56 Å². The summed E-state index contributed by atoms with van der Waals surface area (Å²) >= 11 is 0. The van der Waals surface area contributed by atoms with Gasteiger partial charge in [-0.3, -0.25) is 14.6 Å². The summed E-state index contributed by atoms with van der Waals surface area (Å²) in [6.45, 7) is 5.75. The summed E-state index contributed by atoms with van der Waals surface area (Å²) in [6.07, 6.45) is 2.25. The van der Waals surface area contributed by atoms with Crippen LogP contribution in [0.2, 0.25) is 5.54 Å². The maximum atomic E-state index is 11.9. The van der Waals surface area contributed by atoms with Crippen LogP contribution >= 0.6 is 0 Å². The number of nitrogens with one attached hydrogen (secondary N) is 1. The number of nitrogens with zero attached hydrogens (tertiary/aromatic N) is 3. The monoisotopic (exact) mass is 304 g/mol. The van der Waals surface area contributed by atoms with Crippen molar-refractivity contribution < 1.29 is 9.90 Å². The number of fused-ring (bicyclic) bond motifs is 1. The summed E-state index contributed by atoms with van der Waals surface area (Å²) in [5.41, 5.74) is 1.39. The molecule has 3 rings (SSSR count). The molecule has 3 N–H and O–H groups in total. The third kappa shape index (κ3) is 2.15. The van der Waals surface area contributed by atoms with Gasteiger partial charge >= 0.3 is 0 Å². The van der Waals surface area contributed by atoms with Crippen LogP contribution in [0, 0.1) is 12.8 Å². The van der Waals surface area contributed by atoms with Gasteiger partial charge in [0, 0.05) is 6.61 Å². The van der Waals surface area contributed by atoms with Crippen LogP contribution in [0.1, 0.15) is 18.3 Å². The minimum absolute atomic E-state index is 0.00644. The second kappa shape index (κ2) is 5.21. The average molecular weight is 304 g/mol. The second-order valence-corrected chi connectivity index (χ2v) is 6.33. The maximum Gasteiger partial charge on any atom is 0.279 e. The van der Waals surface area contributed by atoms with Crippen molar-refractivity contribution in [3.05, 3.63) is 34.7 Å². The lowest BCUT2D eigenvalue weighted by atomic mass is 10.0. The molecule has 1 saturated carbocycles. The van der Waals surface area contributed by atoms with E-state index >= 15 is 0 Å². The predicted molar refractivity (Wildman–Crippen MR) is 78.0 cm³/mol. The number of H-pyrrole nitrogens is 1. The van der Waals surface area contributed by atoms with Gasteiger partial charge in [0.1, 0.15) is 5.82 Å². The summed E-state index contributed by atoms with van der Waals surface area (Å²) in [4.78, 5) is 32.5. The first-order valence-electron chi connectivity index (χ1n) is 6.69. The van der Waals surface area contributed by atoms with Gasteiger partial charge in [-0.25, -0.2) is 9.97 Å². The van der Waals surface area contributed by atoms with E-state index in [1.807, 2.05) is 4.57 Å². The van der Waals surface area contributed by atoms with E-state index in [0.29, 0.717) is 23.4 Å². The van der Waals surface area contributed by atoms with E-state index in [4.69, 9.17) is 0 Å². The highest BCUT2D eigenvalue weighted by molar-refractivity contribution is 6.28. The fraction of sp³-hybridized carbons (Fsp3) is 0.462. The van der Waals surface area contributed by atoms with Crippen molar-refractivity contribution in [1.82, 2.24) is 19.5 Å². The molecule has 2 aromatic heterocycles. The molecule has 1 fully saturated rings. The van der Waals surface area contributed by atoms with Crippen LogP contribution in [0.3, 0.4) is 0 Å². The van der Waals surface area contributed by atoms with Gasteiger partial charge < -0.3 is 19.5 Å². The van der Waals surface area contributed by atoms with Crippen LogP contribution in [0.25, 0.3) is 11.2 Å². The fourth-order valence-corrected chi connectivity index (χ4v) is 3.83. The molecule has 21 heavy (non-hydrogen) atoms. The Labute approximate surface area is 123 Å². The molecule has 1 radical (unpaired) electrons. The smallest absolute Gasteiger partial charge is 0.279 e. The van der Waals surface area contributed by atoms with Gasteiger partial charge in [0.15, 0.2) is 11.2 Å². The molecule has 3 atom stereocenters. The number of hydrogen-bond acceptors (Lipinski definition) is 5. The molecule has 0 bridgehead atoms. The Morgan fingerprint density at radius 2 is 2.38 bits per heavy atom. The van der Waals surface area contributed by atoms with Gasteiger partial charge in [0.05, 0.1) is 12.4 Å². The van der Waals surface area contributed by atoms with Crippen molar-refractivity contribution >= 4 is 20.9 Å². The number of aliphatic hydroxyl groups is 1. The number of imidazole rings is 1. The van der Waals surface area contributed by atoms with Gasteiger partial charge in [0.2, 0.25) is 0 Å². The third-order valence-electron chi connectivity index (χ3n) is 4.12. The van der Waals surface area contributed by atoms with E-state index < -0.39 is 0 Å². The predicted octanol–water partition coefficient (Wildman–Crippen LogP) is -0.0625. The Morgan fingerprint density at radius 3 is 3.00 bits per heavy atom. The molecular weight excluding hydrogens is 288 g/mol. The fourth-order valence-electron chi connectivity index (χ4n) is 3.00. The van der Waals surface area contributed by atoms with Gasteiger partial charge in [-0.05, 0) is 12.8 Å². The Hall–Kier alpha value is -1.77. The zero-order valence-electron chi connectivity index (χ0n) is 11.6. The Kier molecular flexibility index (Phi) is 3.52. The number of aryl methyl sites for hydroxylation is 1. The average Bonchev–Trinajstić information content (AvgIpc) is 2.99. The van der Waals surface area contributed by atoms with Crippen LogP contribution in [0.15, 0.2) is 23.3 Å². The summed E-state index contributed by atoms with van der Waals surface area (Å²) in [7, 11) is -0.246. The van der Waals surface area contributed by atoms with Crippen LogP contribution in [-0.4, -0.2) is 45.8 Å². The minimum atomic E-state index is -0.265. The van der Waals surface area contributed by atoms with Crippen molar-refractivity contribution in [3.63, 3.8) is 0 Å². The first-order valence-corrected chi connectivity index (χ1v) is 7.72. The van der Waals surface area contributed by atoms with Crippen LogP contribution in [0.4, 0.5) is 0 Å². The van der Waals surface area contributed by atoms with Gasteiger partial charge in [-0.15, -0.1) is 0 Å². The molecule has 0 aliphatic heterocycles. The van der Waals surface area contributed by atoms with Crippen molar-refractivity contribution in [1.29, 1.82) is 0 Å². The number of hydrogen-bond donors (Lipinski definition) is 3. The Balaban J connectivity index is 2.09. The molecule has 0 aromatic carbocycles. The topological polar surface area (TPSA) is 104 Å². The van der Waals surface area contributed by atoms with Crippen LogP contribution in [-0.2, 0) is 0 Å². The van der Waals surface area contributed by atoms with E-state index in [1.165, 1.54) is 0 Å².